The number of hydrogen-bond acceptors (Lipinski definition) is 6. The highest BCUT2D eigenvalue weighted by Gasteiger charge is 2.48. The molecule has 8 nitrogen and oxygen atoms in total. The first-order valence-corrected chi connectivity index (χ1v) is 11.0. The standard InChI is InChI=1S/C18H26N4O4S/c1-12-5-20-15(6-19-12)7-21-18(23)4-13-10-26-11-14-8-22(9-17(13)14)27(24,25)16-2-3-16/h5-6,13-14,16-17H,2-4,7-11H2,1H3,(H,21,23)/t13-,14-,17+/m1/s1. The predicted molar refractivity (Wildman–Crippen MR) is 98.0 cm³/mol. The number of carbonyl (C=O) groups excluding carboxylic acids is 1. The van der Waals surface area contributed by atoms with Crippen molar-refractivity contribution in [2.45, 2.75) is 38.0 Å². The van der Waals surface area contributed by atoms with Crippen LogP contribution in [0, 0.1) is 24.7 Å². The van der Waals surface area contributed by atoms with Gasteiger partial charge in [0, 0.05) is 31.6 Å². The van der Waals surface area contributed by atoms with Gasteiger partial charge in [-0.25, -0.2) is 12.7 Å². The molecule has 0 unspecified atom stereocenters. The van der Waals surface area contributed by atoms with Gasteiger partial charge in [-0.05, 0) is 31.6 Å². The number of amides is 1. The zero-order chi connectivity index (χ0) is 19.0. The molecule has 3 atom stereocenters. The second-order valence-electron chi connectivity index (χ2n) is 7.91. The van der Waals surface area contributed by atoms with E-state index < -0.39 is 10.0 Å². The van der Waals surface area contributed by atoms with Gasteiger partial charge in [-0.2, -0.15) is 0 Å². The van der Waals surface area contributed by atoms with E-state index in [1.165, 1.54) is 0 Å². The minimum Gasteiger partial charge on any atom is -0.381 e. The van der Waals surface area contributed by atoms with Crippen molar-refractivity contribution in [1.29, 1.82) is 0 Å². The lowest BCUT2D eigenvalue weighted by molar-refractivity contribution is -0.124. The molecule has 3 heterocycles. The summed E-state index contributed by atoms with van der Waals surface area (Å²) in [6, 6.07) is 0. The van der Waals surface area contributed by atoms with Crippen molar-refractivity contribution in [3.05, 3.63) is 23.8 Å². The SMILES string of the molecule is Cc1cnc(CNC(=O)C[C@@H]2COC[C@H]3CN(S(=O)(=O)C4CC4)C[C@@H]23)cn1. The Kier molecular flexibility index (Phi) is 5.17. The van der Waals surface area contributed by atoms with Gasteiger partial charge < -0.3 is 10.1 Å². The number of hydrogen-bond donors (Lipinski definition) is 1. The average Bonchev–Trinajstić information content (AvgIpc) is 3.41. The van der Waals surface area contributed by atoms with Gasteiger partial charge in [0.1, 0.15) is 0 Å². The maximum Gasteiger partial charge on any atom is 0.220 e. The number of nitrogens with zero attached hydrogens (tertiary/aromatic N) is 3. The zero-order valence-corrected chi connectivity index (χ0v) is 16.3. The van der Waals surface area contributed by atoms with Crippen LogP contribution in [0.2, 0.25) is 0 Å². The summed E-state index contributed by atoms with van der Waals surface area (Å²) in [5.41, 5.74) is 1.55. The predicted octanol–water partition coefficient (Wildman–Crippen LogP) is 0.478. The summed E-state index contributed by atoms with van der Waals surface area (Å²) in [6.45, 7) is 4.35. The molecule has 148 valence electrons. The summed E-state index contributed by atoms with van der Waals surface area (Å²) in [5, 5.41) is 2.70. The molecule has 1 aromatic rings. The van der Waals surface area contributed by atoms with Crippen molar-refractivity contribution in [2.24, 2.45) is 17.8 Å². The molecule has 3 fully saturated rings. The monoisotopic (exact) mass is 394 g/mol. The van der Waals surface area contributed by atoms with Crippen LogP contribution in [0.4, 0.5) is 0 Å². The van der Waals surface area contributed by atoms with Gasteiger partial charge in [0.2, 0.25) is 15.9 Å². The lowest BCUT2D eigenvalue weighted by Crippen LogP contribution is -2.38. The van der Waals surface area contributed by atoms with Gasteiger partial charge in [0.05, 0.1) is 42.6 Å². The van der Waals surface area contributed by atoms with Crippen molar-refractivity contribution in [3.8, 4) is 0 Å². The summed E-state index contributed by atoms with van der Waals surface area (Å²) >= 11 is 0. The maximum atomic E-state index is 12.5. The number of ether oxygens (including phenoxy) is 1. The number of rotatable bonds is 6. The van der Waals surface area contributed by atoms with Crippen LogP contribution in [0.3, 0.4) is 0 Å². The first-order chi connectivity index (χ1) is 12.9. The number of sulfonamides is 1. The molecule has 9 heteroatoms. The van der Waals surface area contributed by atoms with E-state index in [4.69, 9.17) is 4.74 Å². The molecule has 3 aliphatic rings. The average molecular weight is 394 g/mol. The minimum atomic E-state index is -3.16. The van der Waals surface area contributed by atoms with E-state index in [0.29, 0.717) is 45.0 Å². The molecular formula is C18H26N4O4S. The summed E-state index contributed by atoms with van der Waals surface area (Å²) in [4.78, 5) is 20.8. The highest BCUT2D eigenvalue weighted by Crippen LogP contribution is 2.40. The molecule has 1 N–H and O–H groups in total. The Balaban J connectivity index is 1.33. The molecule has 2 saturated heterocycles. The molecule has 27 heavy (non-hydrogen) atoms. The van der Waals surface area contributed by atoms with E-state index in [1.54, 1.807) is 16.7 Å². The highest BCUT2D eigenvalue weighted by atomic mass is 32.2. The van der Waals surface area contributed by atoms with Crippen molar-refractivity contribution in [2.75, 3.05) is 26.3 Å². The fraction of sp³-hybridized carbons (Fsp3) is 0.722. The maximum absolute atomic E-state index is 12.5. The lowest BCUT2D eigenvalue weighted by Gasteiger charge is -2.32. The molecule has 0 bridgehead atoms. The normalized spacial score (nSPS) is 28.7. The van der Waals surface area contributed by atoms with Gasteiger partial charge in [-0.1, -0.05) is 0 Å². The first-order valence-electron chi connectivity index (χ1n) is 9.54. The third-order valence-corrected chi connectivity index (χ3v) is 8.11. The van der Waals surface area contributed by atoms with E-state index >= 15 is 0 Å². The van der Waals surface area contributed by atoms with Crippen LogP contribution < -0.4 is 5.32 Å². The first kappa shape index (κ1) is 18.8. The van der Waals surface area contributed by atoms with Gasteiger partial charge in [-0.15, -0.1) is 0 Å². The Labute approximate surface area is 159 Å². The molecule has 1 amide bonds. The van der Waals surface area contributed by atoms with E-state index in [9.17, 15) is 13.2 Å². The van der Waals surface area contributed by atoms with Gasteiger partial charge in [0.25, 0.3) is 0 Å². The third-order valence-electron chi connectivity index (χ3n) is 5.78. The van der Waals surface area contributed by atoms with Crippen LogP contribution in [-0.4, -0.2) is 60.2 Å². The quantitative estimate of drug-likeness (QED) is 0.753. The number of carbonyl (C=O) groups is 1. The van der Waals surface area contributed by atoms with Crippen molar-refractivity contribution < 1.29 is 17.9 Å². The molecule has 1 saturated carbocycles. The van der Waals surface area contributed by atoms with E-state index in [2.05, 4.69) is 15.3 Å². The Morgan fingerprint density at radius 1 is 1.26 bits per heavy atom. The van der Waals surface area contributed by atoms with Crippen molar-refractivity contribution >= 4 is 15.9 Å². The molecule has 0 aromatic carbocycles. The highest BCUT2D eigenvalue weighted by molar-refractivity contribution is 7.90. The number of fused-ring (bicyclic) bond motifs is 1. The van der Waals surface area contributed by atoms with Crippen LogP contribution in [0.5, 0.6) is 0 Å². The number of nitrogens with one attached hydrogen (secondary N) is 1. The van der Waals surface area contributed by atoms with E-state index in [1.807, 2.05) is 6.92 Å². The van der Waals surface area contributed by atoms with Crippen LogP contribution >= 0.6 is 0 Å². The molecule has 1 aromatic heterocycles. The number of aryl methyl sites for hydroxylation is 1. The Morgan fingerprint density at radius 3 is 2.78 bits per heavy atom. The Morgan fingerprint density at radius 2 is 2.07 bits per heavy atom. The summed E-state index contributed by atoms with van der Waals surface area (Å²) in [5.74, 6) is 0.368. The van der Waals surface area contributed by atoms with Crippen LogP contribution in [0.1, 0.15) is 30.7 Å². The second kappa shape index (κ2) is 7.44. The van der Waals surface area contributed by atoms with Gasteiger partial charge >= 0.3 is 0 Å². The molecule has 4 rings (SSSR count). The lowest BCUT2D eigenvalue weighted by atomic mass is 9.81. The van der Waals surface area contributed by atoms with E-state index in [0.717, 1.165) is 18.5 Å². The van der Waals surface area contributed by atoms with Crippen LogP contribution in [0.15, 0.2) is 12.4 Å². The molecule has 1 aliphatic carbocycles. The zero-order valence-electron chi connectivity index (χ0n) is 15.5. The molecule has 2 aliphatic heterocycles. The van der Waals surface area contributed by atoms with Gasteiger partial charge in [0.15, 0.2) is 0 Å². The summed E-state index contributed by atoms with van der Waals surface area (Å²) < 4.78 is 32.4. The second-order valence-corrected chi connectivity index (χ2v) is 10.1. The molecular weight excluding hydrogens is 368 g/mol. The number of aromatic nitrogens is 2. The fourth-order valence-corrected chi connectivity index (χ4v) is 6.00. The van der Waals surface area contributed by atoms with Crippen LogP contribution in [-0.2, 0) is 26.1 Å². The third kappa shape index (κ3) is 4.14. The Hall–Kier alpha value is -1.58. The molecule has 0 spiro atoms. The van der Waals surface area contributed by atoms with Gasteiger partial charge in [-0.3, -0.25) is 14.8 Å². The minimum absolute atomic E-state index is 0.0484. The Bertz CT molecular complexity index is 794. The van der Waals surface area contributed by atoms with Crippen molar-refractivity contribution in [1.82, 2.24) is 19.6 Å². The topological polar surface area (TPSA) is 101 Å². The largest absolute Gasteiger partial charge is 0.381 e. The fourth-order valence-electron chi connectivity index (χ4n) is 4.07. The van der Waals surface area contributed by atoms with Crippen molar-refractivity contribution in [3.63, 3.8) is 0 Å². The summed E-state index contributed by atoms with van der Waals surface area (Å²) in [7, 11) is -3.16. The van der Waals surface area contributed by atoms with E-state index in [-0.39, 0.29) is 28.9 Å². The summed E-state index contributed by atoms with van der Waals surface area (Å²) in [6.07, 6.45) is 5.23. The smallest absolute Gasteiger partial charge is 0.220 e. The molecule has 0 radical (unpaired) electrons. The van der Waals surface area contributed by atoms with Crippen LogP contribution in [0.25, 0.3) is 0 Å².